The molecule has 1 aromatic carbocycles. The van der Waals surface area contributed by atoms with Crippen LogP contribution in [0.4, 0.5) is 8.78 Å². The Morgan fingerprint density at radius 3 is 2.42 bits per heavy atom. The van der Waals surface area contributed by atoms with E-state index in [1.54, 1.807) is 0 Å². The molecule has 0 saturated heterocycles. The van der Waals surface area contributed by atoms with Crippen LogP contribution in [-0.2, 0) is 6.42 Å². The van der Waals surface area contributed by atoms with Gasteiger partial charge in [-0.2, -0.15) is 0 Å². The van der Waals surface area contributed by atoms with Gasteiger partial charge in [0.05, 0.1) is 6.54 Å². The molecular weight excluding hydrogens is 363 g/mol. The number of halogens is 3. The highest BCUT2D eigenvalue weighted by Crippen LogP contribution is 2.07. The van der Waals surface area contributed by atoms with E-state index in [-0.39, 0.29) is 24.0 Å². The van der Waals surface area contributed by atoms with E-state index >= 15 is 0 Å². The Labute approximate surface area is 129 Å². The predicted molar refractivity (Wildman–Crippen MR) is 84.8 cm³/mol. The van der Waals surface area contributed by atoms with Gasteiger partial charge in [-0.15, -0.1) is 24.0 Å². The molecule has 0 atom stereocenters. The van der Waals surface area contributed by atoms with Crippen molar-refractivity contribution in [3.63, 3.8) is 0 Å². The van der Waals surface area contributed by atoms with Gasteiger partial charge >= 0.3 is 0 Å². The van der Waals surface area contributed by atoms with Crippen molar-refractivity contribution in [2.75, 3.05) is 13.1 Å². The standard InChI is InChI=1S/C13H17F2N3.HI/c1-9(2)8-18-13(16)17-4-3-10-5-11(14)7-12(15)6-10;/h5-7H,1,3-4,8H2,2H3,(H3,16,17,18);1H. The van der Waals surface area contributed by atoms with Crippen molar-refractivity contribution in [2.24, 2.45) is 10.7 Å². The zero-order valence-corrected chi connectivity index (χ0v) is 13.1. The van der Waals surface area contributed by atoms with Crippen LogP contribution in [0.25, 0.3) is 0 Å². The number of guanidine groups is 1. The molecule has 0 aliphatic rings. The Bertz CT molecular complexity index is 441. The summed E-state index contributed by atoms with van der Waals surface area (Å²) in [5, 5.41) is 2.87. The Morgan fingerprint density at radius 1 is 1.32 bits per heavy atom. The van der Waals surface area contributed by atoms with Gasteiger partial charge in [0.25, 0.3) is 0 Å². The molecular formula is C13H18F2IN3. The maximum absolute atomic E-state index is 12.9. The average molecular weight is 381 g/mol. The largest absolute Gasteiger partial charge is 0.370 e. The fourth-order valence-electron chi connectivity index (χ4n) is 1.37. The molecule has 19 heavy (non-hydrogen) atoms. The molecule has 1 aromatic rings. The molecule has 1 rings (SSSR count). The Hall–Kier alpha value is -1.18. The van der Waals surface area contributed by atoms with Crippen molar-refractivity contribution in [1.29, 1.82) is 0 Å². The normalized spacial score (nSPS) is 10.8. The molecule has 0 spiro atoms. The van der Waals surface area contributed by atoms with E-state index in [1.165, 1.54) is 12.1 Å². The van der Waals surface area contributed by atoms with E-state index in [0.717, 1.165) is 11.6 Å². The van der Waals surface area contributed by atoms with Crippen LogP contribution in [0.2, 0.25) is 0 Å². The summed E-state index contributed by atoms with van der Waals surface area (Å²) in [7, 11) is 0. The molecule has 0 aliphatic heterocycles. The van der Waals surface area contributed by atoms with Crippen LogP contribution >= 0.6 is 24.0 Å². The number of hydrogen-bond donors (Lipinski definition) is 2. The van der Waals surface area contributed by atoms with Crippen molar-refractivity contribution < 1.29 is 8.78 Å². The zero-order valence-electron chi connectivity index (χ0n) is 10.7. The molecule has 0 amide bonds. The number of nitrogens with one attached hydrogen (secondary N) is 1. The van der Waals surface area contributed by atoms with Gasteiger partial charge in [-0.3, -0.25) is 0 Å². The average Bonchev–Trinajstić information content (AvgIpc) is 2.25. The molecule has 106 valence electrons. The van der Waals surface area contributed by atoms with E-state index in [0.29, 0.717) is 31.0 Å². The maximum Gasteiger partial charge on any atom is 0.188 e. The van der Waals surface area contributed by atoms with E-state index in [2.05, 4.69) is 16.9 Å². The van der Waals surface area contributed by atoms with Crippen molar-refractivity contribution in [3.8, 4) is 0 Å². The highest BCUT2D eigenvalue weighted by molar-refractivity contribution is 14.0. The van der Waals surface area contributed by atoms with Crippen LogP contribution in [0, 0.1) is 11.6 Å². The van der Waals surface area contributed by atoms with Crippen molar-refractivity contribution in [1.82, 2.24) is 5.32 Å². The molecule has 0 bridgehead atoms. The highest BCUT2D eigenvalue weighted by Gasteiger charge is 2.00. The van der Waals surface area contributed by atoms with Gasteiger partial charge in [0, 0.05) is 12.6 Å². The minimum atomic E-state index is -0.575. The van der Waals surface area contributed by atoms with Gasteiger partial charge in [-0.05, 0) is 31.0 Å². The molecule has 6 heteroatoms. The van der Waals surface area contributed by atoms with E-state index in [1.807, 2.05) is 6.92 Å². The van der Waals surface area contributed by atoms with Crippen LogP contribution < -0.4 is 11.1 Å². The summed E-state index contributed by atoms with van der Waals surface area (Å²) >= 11 is 0. The quantitative estimate of drug-likeness (QED) is 0.357. The summed E-state index contributed by atoms with van der Waals surface area (Å²) in [5.74, 6) is -0.849. The molecule has 0 aliphatic carbocycles. The lowest BCUT2D eigenvalue weighted by molar-refractivity contribution is 0.579. The van der Waals surface area contributed by atoms with Crippen LogP contribution in [0.1, 0.15) is 12.5 Å². The van der Waals surface area contributed by atoms with E-state index < -0.39 is 11.6 Å². The molecule has 0 fully saturated rings. The van der Waals surface area contributed by atoms with Crippen molar-refractivity contribution in [3.05, 3.63) is 47.5 Å². The monoisotopic (exact) mass is 381 g/mol. The summed E-state index contributed by atoms with van der Waals surface area (Å²) in [4.78, 5) is 4.03. The molecule has 3 nitrogen and oxygen atoms in total. The molecule has 0 radical (unpaired) electrons. The number of aliphatic imine (C=N–C) groups is 1. The summed E-state index contributed by atoms with van der Waals surface area (Å²) in [6.07, 6.45) is 0.470. The fourth-order valence-corrected chi connectivity index (χ4v) is 1.37. The van der Waals surface area contributed by atoms with Gasteiger partial charge in [-0.1, -0.05) is 12.2 Å². The molecule has 0 saturated carbocycles. The minimum Gasteiger partial charge on any atom is -0.370 e. The number of benzene rings is 1. The van der Waals surface area contributed by atoms with E-state index in [4.69, 9.17) is 5.73 Å². The van der Waals surface area contributed by atoms with Gasteiger partial charge < -0.3 is 11.1 Å². The summed E-state index contributed by atoms with van der Waals surface area (Å²) in [6.45, 7) is 6.49. The first-order valence-corrected chi connectivity index (χ1v) is 5.60. The second kappa shape index (κ2) is 8.84. The lowest BCUT2D eigenvalue weighted by Gasteiger charge is -2.06. The van der Waals surface area contributed by atoms with E-state index in [9.17, 15) is 8.78 Å². The molecule has 3 N–H and O–H groups in total. The summed E-state index contributed by atoms with van der Waals surface area (Å²) < 4.78 is 25.8. The van der Waals surface area contributed by atoms with Gasteiger partial charge in [-0.25, -0.2) is 13.8 Å². The number of nitrogens with two attached hydrogens (primary N) is 1. The fraction of sp³-hybridized carbons (Fsp3) is 0.308. The minimum absolute atomic E-state index is 0. The number of nitrogens with zero attached hydrogens (tertiary/aromatic N) is 1. The van der Waals surface area contributed by atoms with Crippen molar-refractivity contribution in [2.45, 2.75) is 13.3 Å². The molecule has 0 unspecified atom stereocenters. The third-order valence-electron chi connectivity index (χ3n) is 2.16. The topological polar surface area (TPSA) is 50.4 Å². The first kappa shape index (κ1) is 17.8. The van der Waals surface area contributed by atoms with Crippen molar-refractivity contribution >= 4 is 29.9 Å². The first-order chi connectivity index (χ1) is 8.47. The SMILES string of the molecule is C=C(C)CN=C(N)NCCc1cc(F)cc(F)c1.I. The predicted octanol–water partition coefficient (Wildman–Crippen LogP) is 2.61. The summed E-state index contributed by atoms with van der Waals surface area (Å²) in [6, 6.07) is 3.44. The summed E-state index contributed by atoms with van der Waals surface area (Å²) in [5.41, 5.74) is 7.08. The van der Waals surface area contributed by atoms with Crippen LogP contribution in [0.15, 0.2) is 35.3 Å². The Balaban J connectivity index is 0.00000324. The second-order valence-electron chi connectivity index (χ2n) is 4.11. The zero-order chi connectivity index (χ0) is 13.5. The Morgan fingerprint density at radius 2 is 1.89 bits per heavy atom. The molecule has 0 aromatic heterocycles. The van der Waals surface area contributed by atoms with Crippen LogP contribution in [0.5, 0.6) is 0 Å². The Kier molecular flexibility index (Phi) is 8.29. The third kappa shape index (κ3) is 7.76. The first-order valence-electron chi connectivity index (χ1n) is 5.60. The van der Waals surface area contributed by atoms with Crippen LogP contribution in [-0.4, -0.2) is 19.0 Å². The maximum atomic E-state index is 12.9. The number of rotatable bonds is 5. The smallest absolute Gasteiger partial charge is 0.188 e. The van der Waals surface area contributed by atoms with Crippen LogP contribution in [0.3, 0.4) is 0 Å². The second-order valence-corrected chi connectivity index (χ2v) is 4.11. The van der Waals surface area contributed by atoms with Gasteiger partial charge in [0.1, 0.15) is 11.6 Å². The van der Waals surface area contributed by atoms with Gasteiger partial charge in [0.15, 0.2) is 5.96 Å². The molecule has 0 heterocycles. The van der Waals surface area contributed by atoms with Gasteiger partial charge in [0.2, 0.25) is 0 Å². The third-order valence-corrected chi connectivity index (χ3v) is 2.16. The number of hydrogen-bond acceptors (Lipinski definition) is 1. The lowest BCUT2D eigenvalue weighted by Crippen LogP contribution is -2.33. The highest BCUT2D eigenvalue weighted by atomic mass is 127. The lowest BCUT2D eigenvalue weighted by atomic mass is 10.1.